The molecule has 0 N–H and O–H groups in total. The molecule has 0 saturated carbocycles. The van der Waals surface area contributed by atoms with Gasteiger partial charge in [0.1, 0.15) is 5.76 Å². The van der Waals surface area contributed by atoms with Crippen molar-refractivity contribution in [2.45, 2.75) is 20.4 Å². The predicted molar refractivity (Wildman–Crippen MR) is 109 cm³/mol. The van der Waals surface area contributed by atoms with Gasteiger partial charge >= 0.3 is 0 Å². The number of rotatable bonds is 4. The van der Waals surface area contributed by atoms with E-state index in [2.05, 4.69) is 22.2 Å². The monoisotopic (exact) mass is 375 g/mol. The standard InChI is InChI=1S/C23H25N3O2/c1-17-22(18(2)28-24-17)16-25-12-14-26(15-13-25)23(27)21-10-8-20(9-11-21)19-6-4-3-5-7-19/h3-11H,12-16H2,1-2H3. The van der Waals surface area contributed by atoms with Crippen LogP contribution in [0.5, 0.6) is 0 Å². The number of hydrogen-bond acceptors (Lipinski definition) is 4. The summed E-state index contributed by atoms with van der Waals surface area (Å²) in [4.78, 5) is 17.2. The highest BCUT2D eigenvalue weighted by Crippen LogP contribution is 2.21. The molecule has 28 heavy (non-hydrogen) atoms. The molecule has 1 aliphatic heterocycles. The van der Waals surface area contributed by atoms with Crippen molar-refractivity contribution < 1.29 is 9.32 Å². The molecule has 5 nitrogen and oxygen atoms in total. The second-order valence-electron chi connectivity index (χ2n) is 7.31. The second kappa shape index (κ2) is 7.98. The van der Waals surface area contributed by atoms with Crippen LogP contribution in [-0.4, -0.2) is 47.0 Å². The van der Waals surface area contributed by atoms with Crippen molar-refractivity contribution in [3.63, 3.8) is 0 Å². The molecule has 144 valence electrons. The van der Waals surface area contributed by atoms with Gasteiger partial charge < -0.3 is 9.42 Å². The van der Waals surface area contributed by atoms with Gasteiger partial charge in [0.25, 0.3) is 5.91 Å². The molecule has 1 aromatic heterocycles. The zero-order valence-corrected chi connectivity index (χ0v) is 16.4. The first kappa shape index (κ1) is 18.4. The third kappa shape index (κ3) is 3.85. The molecule has 1 aliphatic rings. The molecule has 5 heteroatoms. The third-order valence-corrected chi connectivity index (χ3v) is 5.46. The highest BCUT2D eigenvalue weighted by molar-refractivity contribution is 5.94. The molecule has 0 radical (unpaired) electrons. The number of aryl methyl sites for hydroxylation is 2. The maximum atomic E-state index is 12.9. The average Bonchev–Trinajstić information content (AvgIpc) is 3.06. The quantitative estimate of drug-likeness (QED) is 0.694. The summed E-state index contributed by atoms with van der Waals surface area (Å²) in [6, 6.07) is 18.1. The molecule has 0 unspecified atom stereocenters. The fraction of sp³-hybridized carbons (Fsp3) is 0.304. The van der Waals surface area contributed by atoms with Crippen molar-refractivity contribution in [2.24, 2.45) is 0 Å². The van der Waals surface area contributed by atoms with Crippen molar-refractivity contribution in [2.75, 3.05) is 26.2 Å². The highest BCUT2D eigenvalue weighted by Gasteiger charge is 2.23. The molecule has 0 spiro atoms. The van der Waals surface area contributed by atoms with Crippen LogP contribution >= 0.6 is 0 Å². The van der Waals surface area contributed by atoms with Gasteiger partial charge in [-0.25, -0.2) is 0 Å². The van der Waals surface area contributed by atoms with E-state index < -0.39 is 0 Å². The molecule has 3 aromatic rings. The average molecular weight is 375 g/mol. The first-order chi connectivity index (χ1) is 13.6. The SMILES string of the molecule is Cc1noc(C)c1CN1CCN(C(=O)c2ccc(-c3ccccc3)cc2)CC1. The molecule has 2 heterocycles. The molecule has 0 atom stereocenters. The predicted octanol–water partition coefficient (Wildman–Crippen LogP) is 3.92. The first-order valence-corrected chi connectivity index (χ1v) is 9.70. The van der Waals surface area contributed by atoms with Crippen LogP contribution in [0.1, 0.15) is 27.4 Å². The fourth-order valence-electron chi connectivity index (χ4n) is 3.68. The molecule has 1 saturated heterocycles. The summed E-state index contributed by atoms with van der Waals surface area (Å²) in [5.74, 6) is 0.992. The third-order valence-electron chi connectivity index (χ3n) is 5.46. The van der Waals surface area contributed by atoms with Crippen molar-refractivity contribution in [1.29, 1.82) is 0 Å². The van der Waals surface area contributed by atoms with E-state index in [1.165, 1.54) is 0 Å². The van der Waals surface area contributed by atoms with Crippen LogP contribution in [0.4, 0.5) is 0 Å². The van der Waals surface area contributed by atoms with E-state index in [9.17, 15) is 4.79 Å². The van der Waals surface area contributed by atoms with Crippen LogP contribution in [0.15, 0.2) is 59.1 Å². The largest absolute Gasteiger partial charge is 0.361 e. The van der Waals surface area contributed by atoms with E-state index in [0.717, 1.165) is 66.4 Å². The van der Waals surface area contributed by atoms with Gasteiger partial charge in [-0.05, 0) is 37.1 Å². The Kier molecular flexibility index (Phi) is 5.26. The molecule has 1 fully saturated rings. The van der Waals surface area contributed by atoms with Crippen molar-refractivity contribution in [3.8, 4) is 11.1 Å². The Morgan fingerprint density at radius 3 is 2.18 bits per heavy atom. The lowest BCUT2D eigenvalue weighted by molar-refractivity contribution is 0.0627. The van der Waals surface area contributed by atoms with E-state index in [-0.39, 0.29) is 5.91 Å². The second-order valence-corrected chi connectivity index (χ2v) is 7.31. The van der Waals surface area contributed by atoms with Gasteiger partial charge in [-0.2, -0.15) is 0 Å². The van der Waals surface area contributed by atoms with E-state index in [1.54, 1.807) is 0 Å². The Balaban J connectivity index is 1.36. The van der Waals surface area contributed by atoms with Crippen molar-refractivity contribution in [3.05, 3.63) is 77.2 Å². The van der Waals surface area contributed by atoms with E-state index in [4.69, 9.17) is 4.52 Å². The number of aromatic nitrogens is 1. The summed E-state index contributed by atoms with van der Waals surface area (Å²) in [6.07, 6.45) is 0. The number of hydrogen-bond donors (Lipinski definition) is 0. The Morgan fingerprint density at radius 2 is 1.57 bits per heavy atom. The summed E-state index contributed by atoms with van der Waals surface area (Å²) in [7, 11) is 0. The van der Waals surface area contributed by atoms with E-state index in [1.807, 2.05) is 61.2 Å². The maximum absolute atomic E-state index is 12.9. The smallest absolute Gasteiger partial charge is 0.253 e. The van der Waals surface area contributed by atoms with Gasteiger partial charge in [0, 0.05) is 43.9 Å². The topological polar surface area (TPSA) is 49.6 Å². The van der Waals surface area contributed by atoms with Crippen LogP contribution in [-0.2, 0) is 6.54 Å². The van der Waals surface area contributed by atoms with Gasteiger partial charge in [0.15, 0.2) is 0 Å². The van der Waals surface area contributed by atoms with Gasteiger partial charge in [0.2, 0.25) is 0 Å². The van der Waals surface area contributed by atoms with Crippen molar-refractivity contribution >= 4 is 5.91 Å². The van der Waals surface area contributed by atoms with Gasteiger partial charge in [-0.1, -0.05) is 47.6 Å². The summed E-state index contributed by atoms with van der Waals surface area (Å²) in [6.45, 7) is 7.95. The first-order valence-electron chi connectivity index (χ1n) is 9.70. The lowest BCUT2D eigenvalue weighted by Crippen LogP contribution is -2.48. The molecular formula is C23H25N3O2. The van der Waals surface area contributed by atoms with E-state index in [0.29, 0.717) is 0 Å². The number of piperazine rings is 1. The Hall–Kier alpha value is -2.92. The van der Waals surface area contributed by atoms with Crippen LogP contribution < -0.4 is 0 Å². The number of carbonyl (C=O) groups is 1. The molecule has 4 rings (SSSR count). The number of benzene rings is 2. The molecule has 2 aromatic carbocycles. The zero-order chi connectivity index (χ0) is 19.5. The minimum Gasteiger partial charge on any atom is -0.361 e. The Morgan fingerprint density at radius 1 is 0.929 bits per heavy atom. The Labute approximate surface area is 165 Å². The summed E-state index contributed by atoms with van der Waals surface area (Å²) < 4.78 is 5.25. The van der Waals surface area contributed by atoms with Gasteiger partial charge in [0.05, 0.1) is 5.69 Å². The van der Waals surface area contributed by atoms with Crippen molar-refractivity contribution in [1.82, 2.24) is 15.0 Å². The molecule has 0 bridgehead atoms. The number of nitrogens with zero attached hydrogens (tertiary/aromatic N) is 3. The molecular weight excluding hydrogens is 350 g/mol. The summed E-state index contributed by atoms with van der Waals surface area (Å²) in [5, 5.41) is 4.03. The molecule has 1 amide bonds. The van der Waals surface area contributed by atoms with Crippen LogP contribution in [0.3, 0.4) is 0 Å². The summed E-state index contributed by atoms with van der Waals surface area (Å²) >= 11 is 0. The van der Waals surface area contributed by atoms with E-state index >= 15 is 0 Å². The number of carbonyl (C=O) groups excluding carboxylic acids is 1. The highest BCUT2D eigenvalue weighted by atomic mass is 16.5. The minimum atomic E-state index is 0.108. The normalized spacial score (nSPS) is 15.0. The minimum absolute atomic E-state index is 0.108. The zero-order valence-electron chi connectivity index (χ0n) is 16.4. The number of amides is 1. The molecule has 0 aliphatic carbocycles. The van der Waals surface area contributed by atoms with Gasteiger partial charge in [-0.15, -0.1) is 0 Å². The van der Waals surface area contributed by atoms with Crippen LogP contribution in [0, 0.1) is 13.8 Å². The lowest BCUT2D eigenvalue weighted by atomic mass is 10.0. The fourth-order valence-corrected chi connectivity index (χ4v) is 3.68. The summed E-state index contributed by atoms with van der Waals surface area (Å²) in [5.41, 5.74) is 5.15. The van der Waals surface area contributed by atoms with Gasteiger partial charge in [-0.3, -0.25) is 9.69 Å². The van der Waals surface area contributed by atoms with Crippen LogP contribution in [0.25, 0.3) is 11.1 Å². The van der Waals surface area contributed by atoms with Crippen LogP contribution in [0.2, 0.25) is 0 Å². The Bertz CT molecular complexity index is 920. The lowest BCUT2D eigenvalue weighted by Gasteiger charge is -2.34. The maximum Gasteiger partial charge on any atom is 0.253 e.